The fraction of sp³-hybridized carbons (Fsp3) is 0.611. The fourth-order valence-corrected chi connectivity index (χ4v) is 3.12. The smallest absolute Gasteiger partial charge is 0.403 e. The maximum absolute atomic E-state index is 12.4. The van der Waals surface area contributed by atoms with E-state index in [1.54, 1.807) is 18.3 Å². The summed E-state index contributed by atoms with van der Waals surface area (Å²) in [4.78, 5) is 16.1. The lowest BCUT2D eigenvalue weighted by Crippen LogP contribution is -2.38. The molecule has 1 unspecified atom stereocenters. The molecule has 0 aliphatic rings. The second kappa shape index (κ2) is 10.3. The van der Waals surface area contributed by atoms with Gasteiger partial charge < -0.3 is 16.2 Å². The van der Waals surface area contributed by atoms with Gasteiger partial charge in [0.1, 0.15) is 11.9 Å². The molecule has 0 bridgehead atoms. The first-order valence-electron chi connectivity index (χ1n) is 9.55. The summed E-state index contributed by atoms with van der Waals surface area (Å²) in [5, 5.41) is 26.2. The van der Waals surface area contributed by atoms with Crippen molar-refractivity contribution in [1.29, 1.82) is 0 Å². The molecule has 2 aromatic heterocycles. The number of nitrogens with two attached hydrogens (primary N) is 1. The number of pyridine rings is 1. The molecule has 0 aliphatic heterocycles. The molecule has 5 N–H and O–H groups in total. The van der Waals surface area contributed by atoms with E-state index in [1.165, 1.54) is 0 Å². The van der Waals surface area contributed by atoms with Crippen molar-refractivity contribution in [2.24, 2.45) is 17.6 Å². The lowest BCUT2D eigenvalue weighted by atomic mass is 9.81. The average molecular weight is 429 g/mol. The average Bonchev–Trinajstić information content (AvgIpc) is 3.19. The first kappa shape index (κ1) is 23.5. The van der Waals surface area contributed by atoms with Crippen molar-refractivity contribution < 1.29 is 23.1 Å². The molecule has 0 saturated heterocycles. The summed E-state index contributed by atoms with van der Waals surface area (Å²) in [6.07, 6.45) is -2.36. The number of carboxylic acids is 1. The monoisotopic (exact) mass is 429 g/mol. The van der Waals surface area contributed by atoms with Crippen LogP contribution in [0.2, 0.25) is 0 Å². The van der Waals surface area contributed by atoms with E-state index < -0.39 is 30.0 Å². The number of nitrogens with zero attached hydrogens (tertiary/aromatic N) is 4. The highest BCUT2D eigenvalue weighted by Gasteiger charge is 2.36. The third-order valence-corrected chi connectivity index (χ3v) is 4.70. The summed E-state index contributed by atoms with van der Waals surface area (Å²) < 4.78 is 37.3. The number of hydrogen-bond donors (Lipinski definition) is 4. The Kier molecular flexibility index (Phi) is 8.09. The number of aromatic nitrogens is 5. The molecule has 0 fully saturated rings. The molecule has 166 valence electrons. The minimum Gasteiger partial charge on any atom is -0.481 e. The number of tetrazole rings is 1. The summed E-state index contributed by atoms with van der Waals surface area (Å²) in [5.74, 6) is -1.16. The van der Waals surface area contributed by atoms with E-state index in [1.807, 2.05) is 13.8 Å². The molecule has 3 atom stereocenters. The summed E-state index contributed by atoms with van der Waals surface area (Å²) in [6.45, 7) is 3.91. The highest BCUT2D eigenvalue weighted by Crippen LogP contribution is 2.31. The molecule has 0 aromatic carbocycles. The zero-order valence-electron chi connectivity index (χ0n) is 16.7. The highest BCUT2D eigenvalue weighted by molar-refractivity contribution is 5.71. The van der Waals surface area contributed by atoms with Crippen LogP contribution in [0.5, 0.6) is 0 Å². The van der Waals surface area contributed by atoms with Gasteiger partial charge in [-0.2, -0.15) is 13.2 Å². The lowest BCUT2D eigenvalue weighted by molar-refractivity contribution is -0.148. The molecule has 0 amide bonds. The van der Waals surface area contributed by atoms with Crippen LogP contribution < -0.4 is 11.1 Å². The predicted molar refractivity (Wildman–Crippen MR) is 103 cm³/mol. The van der Waals surface area contributed by atoms with Gasteiger partial charge in [-0.3, -0.25) is 4.79 Å². The molecule has 2 rings (SSSR count). The molecule has 9 nitrogen and oxygen atoms in total. The van der Waals surface area contributed by atoms with Gasteiger partial charge in [0, 0.05) is 18.7 Å². The van der Waals surface area contributed by atoms with Gasteiger partial charge in [0.05, 0.1) is 5.92 Å². The molecular formula is C18H26F3N7O2. The Morgan fingerprint density at radius 2 is 2.07 bits per heavy atom. The van der Waals surface area contributed by atoms with Crippen LogP contribution in [-0.2, 0) is 11.2 Å². The van der Waals surface area contributed by atoms with Gasteiger partial charge >= 0.3 is 12.1 Å². The minimum absolute atomic E-state index is 0.0227. The van der Waals surface area contributed by atoms with Crippen LogP contribution in [-0.4, -0.2) is 55.4 Å². The van der Waals surface area contributed by atoms with Crippen LogP contribution >= 0.6 is 0 Å². The molecule has 30 heavy (non-hydrogen) atoms. The largest absolute Gasteiger partial charge is 0.481 e. The number of carbonyl (C=O) groups is 1. The van der Waals surface area contributed by atoms with Crippen molar-refractivity contribution in [2.45, 2.75) is 51.2 Å². The second-order valence-electron chi connectivity index (χ2n) is 7.59. The summed E-state index contributed by atoms with van der Waals surface area (Å²) in [6, 6.07) is 1.47. The van der Waals surface area contributed by atoms with Crippen molar-refractivity contribution in [1.82, 2.24) is 25.6 Å². The van der Waals surface area contributed by atoms with Crippen molar-refractivity contribution in [3.63, 3.8) is 0 Å². The molecule has 0 aliphatic carbocycles. The quantitative estimate of drug-likeness (QED) is 0.426. The molecule has 0 radical (unpaired) electrons. The standard InChI is InChI=1S/C18H26F3N7O2/c1-10(2)7-13(17(29)30)12(16-25-27-28-26-16)8-11-3-4-15(24-9-11)23-6-5-14(22)18(19,20)21/h3-4,9-10,12-14H,5-8,22H2,1-2H3,(H,23,24)(H,29,30)(H,25,26,27,28)/t12-,13-,14?/m0/s1. The fourth-order valence-electron chi connectivity index (χ4n) is 3.12. The van der Waals surface area contributed by atoms with E-state index in [-0.39, 0.29) is 18.9 Å². The Labute approximate surface area is 171 Å². The van der Waals surface area contributed by atoms with Gasteiger partial charge in [0.15, 0.2) is 5.82 Å². The number of halogens is 3. The number of aromatic amines is 1. The number of anilines is 1. The Morgan fingerprint density at radius 1 is 1.33 bits per heavy atom. The van der Waals surface area contributed by atoms with E-state index in [0.717, 1.165) is 5.56 Å². The van der Waals surface area contributed by atoms with E-state index in [9.17, 15) is 23.1 Å². The van der Waals surface area contributed by atoms with Crippen molar-refractivity contribution in [3.05, 3.63) is 29.7 Å². The van der Waals surface area contributed by atoms with Crippen molar-refractivity contribution in [3.8, 4) is 0 Å². The highest BCUT2D eigenvalue weighted by atomic mass is 19.4. The van der Waals surface area contributed by atoms with E-state index in [0.29, 0.717) is 24.5 Å². The molecule has 0 spiro atoms. The zero-order valence-corrected chi connectivity index (χ0v) is 16.7. The maximum atomic E-state index is 12.4. The van der Waals surface area contributed by atoms with Crippen LogP contribution in [0.25, 0.3) is 0 Å². The van der Waals surface area contributed by atoms with Gasteiger partial charge in [0.25, 0.3) is 0 Å². The molecule has 2 heterocycles. The molecule has 12 heteroatoms. The number of alkyl halides is 3. The van der Waals surface area contributed by atoms with Gasteiger partial charge in [-0.15, -0.1) is 5.10 Å². The lowest BCUT2D eigenvalue weighted by Gasteiger charge is -2.23. The number of carboxylic acid groups (broad SMARTS) is 1. The first-order valence-corrected chi connectivity index (χ1v) is 9.55. The third-order valence-electron chi connectivity index (χ3n) is 4.70. The predicted octanol–water partition coefficient (Wildman–Crippen LogP) is 2.36. The summed E-state index contributed by atoms with van der Waals surface area (Å²) in [5.41, 5.74) is 5.83. The van der Waals surface area contributed by atoms with Gasteiger partial charge in [0.2, 0.25) is 0 Å². The van der Waals surface area contributed by atoms with Gasteiger partial charge in [-0.25, -0.2) is 10.1 Å². The van der Waals surface area contributed by atoms with Crippen LogP contribution in [0.15, 0.2) is 18.3 Å². The van der Waals surface area contributed by atoms with Crippen molar-refractivity contribution >= 4 is 11.8 Å². The van der Waals surface area contributed by atoms with E-state index in [2.05, 4.69) is 30.9 Å². The first-order chi connectivity index (χ1) is 14.1. The summed E-state index contributed by atoms with van der Waals surface area (Å²) >= 11 is 0. The Morgan fingerprint density at radius 3 is 2.57 bits per heavy atom. The number of rotatable bonds is 11. The Hall–Kier alpha value is -2.76. The van der Waals surface area contributed by atoms with Crippen LogP contribution in [0.4, 0.5) is 19.0 Å². The van der Waals surface area contributed by atoms with E-state index >= 15 is 0 Å². The van der Waals surface area contributed by atoms with E-state index in [4.69, 9.17) is 5.73 Å². The Balaban J connectivity index is 2.05. The van der Waals surface area contributed by atoms with Gasteiger partial charge in [-0.1, -0.05) is 19.9 Å². The van der Waals surface area contributed by atoms with Crippen LogP contribution in [0, 0.1) is 11.8 Å². The van der Waals surface area contributed by atoms with Crippen LogP contribution in [0.1, 0.15) is 44.0 Å². The molecule has 2 aromatic rings. The van der Waals surface area contributed by atoms with Crippen molar-refractivity contribution in [2.75, 3.05) is 11.9 Å². The zero-order chi connectivity index (χ0) is 22.3. The number of nitrogens with one attached hydrogen (secondary N) is 2. The maximum Gasteiger partial charge on any atom is 0.403 e. The number of hydrogen-bond acceptors (Lipinski definition) is 7. The molecular weight excluding hydrogens is 403 g/mol. The summed E-state index contributed by atoms with van der Waals surface area (Å²) in [7, 11) is 0. The SMILES string of the molecule is CC(C)C[C@H](C(=O)O)[C@H](Cc1ccc(NCCC(N)C(F)(F)F)nc1)c1nnn[nH]1. The normalized spacial score (nSPS) is 15.0. The third kappa shape index (κ3) is 6.94. The minimum atomic E-state index is -4.43. The number of H-pyrrole nitrogens is 1. The Bertz CT molecular complexity index is 782. The van der Waals surface area contributed by atoms with Gasteiger partial charge in [-0.05, 0) is 47.2 Å². The van der Waals surface area contributed by atoms with Crippen LogP contribution in [0.3, 0.4) is 0 Å². The topological polar surface area (TPSA) is 143 Å². The number of aliphatic carboxylic acids is 1. The molecule has 0 saturated carbocycles. The second-order valence-corrected chi connectivity index (χ2v) is 7.59.